The molecule has 2 aromatic carbocycles. The quantitative estimate of drug-likeness (QED) is 0.792. The third-order valence-corrected chi connectivity index (χ3v) is 4.34. The standard InChI is InChI=1S/C19H18ClFN2O4/c20-15-2-1-3-16(21)18(15)19(25)27-12-17(24)22-13-4-6-14(7-5-13)23-8-10-26-11-9-23/h1-7H,8-12H2,(H,22,24). The number of rotatable bonds is 5. The molecule has 0 saturated carbocycles. The number of anilines is 2. The Morgan fingerprint density at radius 3 is 2.52 bits per heavy atom. The van der Waals surface area contributed by atoms with Crippen LogP contribution in [0.25, 0.3) is 0 Å². The van der Waals surface area contributed by atoms with Gasteiger partial charge < -0.3 is 19.7 Å². The maximum absolute atomic E-state index is 13.7. The van der Waals surface area contributed by atoms with Crippen molar-refractivity contribution in [2.24, 2.45) is 0 Å². The molecule has 0 radical (unpaired) electrons. The van der Waals surface area contributed by atoms with E-state index in [-0.39, 0.29) is 10.6 Å². The summed E-state index contributed by atoms with van der Waals surface area (Å²) in [5, 5.41) is 2.55. The molecule has 0 aliphatic carbocycles. The normalized spacial score (nSPS) is 13.9. The van der Waals surface area contributed by atoms with Gasteiger partial charge in [0.15, 0.2) is 6.61 Å². The van der Waals surface area contributed by atoms with Crippen molar-refractivity contribution in [2.45, 2.75) is 0 Å². The zero-order valence-electron chi connectivity index (χ0n) is 14.4. The Labute approximate surface area is 160 Å². The summed E-state index contributed by atoms with van der Waals surface area (Å²) in [7, 11) is 0. The van der Waals surface area contributed by atoms with E-state index in [1.165, 1.54) is 12.1 Å². The second-order valence-corrected chi connectivity index (χ2v) is 6.27. The van der Waals surface area contributed by atoms with E-state index in [1.807, 2.05) is 12.1 Å². The van der Waals surface area contributed by atoms with Gasteiger partial charge in [0.05, 0.1) is 18.2 Å². The van der Waals surface area contributed by atoms with E-state index in [0.717, 1.165) is 24.8 Å². The van der Waals surface area contributed by atoms with Gasteiger partial charge in [0.2, 0.25) is 0 Å². The maximum Gasteiger partial charge on any atom is 0.343 e. The summed E-state index contributed by atoms with van der Waals surface area (Å²) in [5.74, 6) is -2.32. The van der Waals surface area contributed by atoms with Gasteiger partial charge in [0.25, 0.3) is 5.91 Å². The SMILES string of the molecule is O=C(COC(=O)c1c(F)cccc1Cl)Nc1ccc(N2CCOCC2)cc1. The number of halogens is 2. The minimum Gasteiger partial charge on any atom is -0.452 e. The minimum absolute atomic E-state index is 0.0703. The number of carbonyl (C=O) groups excluding carboxylic acids is 2. The van der Waals surface area contributed by atoms with Gasteiger partial charge in [0, 0.05) is 24.5 Å². The molecule has 2 aromatic rings. The van der Waals surface area contributed by atoms with Gasteiger partial charge in [-0.25, -0.2) is 9.18 Å². The molecule has 0 aromatic heterocycles. The number of hydrogen-bond acceptors (Lipinski definition) is 5. The average molecular weight is 393 g/mol. The van der Waals surface area contributed by atoms with E-state index in [2.05, 4.69) is 10.2 Å². The summed E-state index contributed by atoms with van der Waals surface area (Å²) >= 11 is 5.80. The van der Waals surface area contributed by atoms with Crippen molar-refractivity contribution < 1.29 is 23.5 Å². The third kappa shape index (κ3) is 4.96. The number of amides is 1. The molecule has 0 unspecified atom stereocenters. The first kappa shape index (κ1) is 19.1. The number of morpholine rings is 1. The molecule has 0 atom stereocenters. The predicted molar refractivity (Wildman–Crippen MR) is 99.8 cm³/mol. The molecule has 6 nitrogen and oxygen atoms in total. The highest BCUT2D eigenvalue weighted by Gasteiger charge is 2.18. The highest BCUT2D eigenvalue weighted by Crippen LogP contribution is 2.20. The Hall–Kier alpha value is -2.64. The molecule has 1 aliphatic heterocycles. The molecule has 1 amide bonds. The van der Waals surface area contributed by atoms with Crippen LogP contribution in [0.3, 0.4) is 0 Å². The van der Waals surface area contributed by atoms with Gasteiger partial charge in [0.1, 0.15) is 11.4 Å². The monoisotopic (exact) mass is 392 g/mol. The first-order chi connectivity index (χ1) is 13.0. The zero-order valence-corrected chi connectivity index (χ0v) is 15.2. The van der Waals surface area contributed by atoms with Gasteiger partial charge in [-0.15, -0.1) is 0 Å². The van der Waals surface area contributed by atoms with E-state index in [4.69, 9.17) is 21.1 Å². The Bertz CT molecular complexity index is 803. The lowest BCUT2D eigenvalue weighted by Crippen LogP contribution is -2.36. The molecule has 1 N–H and O–H groups in total. The first-order valence-electron chi connectivity index (χ1n) is 8.38. The molecule has 27 heavy (non-hydrogen) atoms. The van der Waals surface area contributed by atoms with Crippen LogP contribution in [0, 0.1) is 5.82 Å². The number of ether oxygens (including phenoxy) is 2. The maximum atomic E-state index is 13.7. The van der Waals surface area contributed by atoms with Crippen molar-refractivity contribution >= 4 is 34.9 Å². The lowest BCUT2D eigenvalue weighted by Gasteiger charge is -2.28. The molecule has 0 bridgehead atoms. The largest absolute Gasteiger partial charge is 0.452 e. The average Bonchev–Trinajstić information content (AvgIpc) is 2.67. The molecule has 1 heterocycles. The zero-order chi connectivity index (χ0) is 19.2. The van der Waals surface area contributed by atoms with Gasteiger partial charge in [-0.05, 0) is 36.4 Å². The minimum atomic E-state index is -0.990. The molecule has 1 fully saturated rings. The summed E-state index contributed by atoms with van der Waals surface area (Å²) in [6.45, 7) is 2.47. The topological polar surface area (TPSA) is 67.9 Å². The van der Waals surface area contributed by atoms with Crippen LogP contribution >= 0.6 is 11.6 Å². The fraction of sp³-hybridized carbons (Fsp3) is 0.263. The number of nitrogens with one attached hydrogen (secondary N) is 1. The van der Waals surface area contributed by atoms with Crippen LogP contribution in [0.4, 0.5) is 15.8 Å². The van der Waals surface area contributed by atoms with Gasteiger partial charge in [-0.3, -0.25) is 4.79 Å². The molecule has 8 heteroatoms. The molecular weight excluding hydrogens is 375 g/mol. The van der Waals surface area contributed by atoms with E-state index < -0.39 is 24.3 Å². The molecule has 1 aliphatic rings. The van der Waals surface area contributed by atoms with E-state index in [0.29, 0.717) is 18.9 Å². The van der Waals surface area contributed by atoms with E-state index in [1.54, 1.807) is 12.1 Å². The smallest absolute Gasteiger partial charge is 0.343 e. The fourth-order valence-corrected chi connectivity index (χ4v) is 2.91. The van der Waals surface area contributed by atoms with Crippen LogP contribution < -0.4 is 10.2 Å². The van der Waals surface area contributed by atoms with Crippen molar-refractivity contribution in [3.8, 4) is 0 Å². The molecular formula is C19H18ClFN2O4. The molecule has 0 spiro atoms. The molecule has 1 saturated heterocycles. The Kier molecular flexibility index (Phi) is 6.26. The van der Waals surface area contributed by atoms with Crippen molar-refractivity contribution in [1.29, 1.82) is 0 Å². The Morgan fingerprint density at radius 1 is 1.15 bits per heavy atom. The lowest BCUT2D eigenvalue weighted by molar-refractivity contribution is -0.119. The Balaban J connectivity index is 1.52. The van der Waals surface area contributed by atoms with Gasteiger partial charge >= 0.3 is 5.97 Å². The van der Waals surface area contributed by atoms with Crippen molar-refractivity contribution in [1.82, 2.24) is 0 Å². The number of esters is 1. The summed E-state index contributed by atoms with van der Waals surface area (Å²) in [5.41, 5.74) is 1.22. The second-order valence-electron chi connectivity index (χ2n) is 5.87. The summed E-state index contributed by atoms with van der Waals surface area (Å²) in [4.78, 5) is 26.1. The van der Waals surface area contributed by atoms with Crippen molar-refractivity contribution in [3.63, 3.8) is 0 Å². The van der Waals surface area contributed by atoms with Crippen molar-refractivity contribution in [3.05, 3.63) is 58.9 Å². The lowest BCUT2D eigenvalue weighted by atomic mass is 10.2. The molecule has 3 rings (SSSR count). The van der Waals surface area contributed by atoms with Gasteiger partial charge in [-0.2, -0.15) is 0 Å². The first-order valence-corrected chi connectivity index (χ1v) is 8.76. The van der Waals surface area contributed by atoms with Crippen LogP contribution in [-0.4, -0.2) is 44.8 Å². The highest BCUT2D eigenvalue weighted by atomic mass is 35.5. The van der Waals surface area contributed by atoms with Crippen LogP contribution in [0.5, 0.6) is 0 Å². The third-order valence-electron chi connectivity index (χ3n) is 4.03. The predicted octanol–water partition coefficient (Wildman–Crippen LogP) is 3.11. The summed E-state index contributed by atoms with van der Waals surface area (Å²) < 4.78 is 23.8. The number of carbonyl (C=O) groups is 2. The fourth-order valence-electron chi connectivity index (χ4n) is 2.67. The van der Waals surface area contributed by atoms with Crippen LogP contribution in [-0.2, 0) is 14.3 Å². The van der Waals surface area contributed by atoms with Crippen molar-refractivity contribution in [2.75, 3.05) is 43.1 Å². The number of hydrogen-bond donors (Lipinski definition) is 1. The van der Waals surface area contributed by atoms with Crippen LogP contribution in [0.1, 0.15) is 10.4 Å². The highest BCUT2D eigenvalue weighted by molar-refractivity contribution is 6.33. The number of nitrogens with zero attached hydrogens (tertiary/aromatic N) is 1. The number of benzene rings is 2. The summed E-state index contributed by atoms with van der Waals surface area (Å²) in [6, 6.07) is 11.2. The van der Waals surface area contributed by atoms with Gasteiger partial charge in [-0.1, -0.05) is 17.7 Å². The van der Waals surface area contributed by atoms with Crippen LogP contribution in [0.2, 0.25) is 5.02 Å². The van der Waals surface area contributed by atoms with Crippen LogP contribution in [0.15, 0.2) is 42.5 Å². The molecule has 142 valence electrons. The Morgan fingerprint density at radius 2 is 1.85 bits per heavy atom. The summed E-state index contributed by atoms with van der Waals surface area (Å²) in [6.07, 6.45) is 0. The second kappa shape index (κ2) is 8.83. The van der Waals surface area contributed by atoms with E-state index in [9.17, 15) is 14.0 Å². The van der Waals surface area contributed by atoms with E-state index >= 15 is 0 Å².